The number of aryl methyl sites for hydroxylation is 2. The van der Waals surface area contributed by atoms with Crippen molar-refractivity contribution in [2.24, 2.45) is 14.1 Å². The van der Waals surface area contributed by atoms with Crippen molar-refractivity contribution in [3.05, 3.63) is 54.2 Å². The van der Waals surface area contributed by atoms with Crippen LogP contribution < -0.4 is 14.8 Å². The number of methoxy groups -OCH3 is 2. The molecule has 0 atom stereocenters. The summed E-state index contributed by atoms with van der Waals surface area (Å²) < 4.78 is 14.2. The number of thioether (sulfide) groups is 1. The van der Waals surface area contributed by atoms with Crippen LogP contribution in [0.25, 0.3) is 22.6 Å². The average molecular weight is 479 g/mol. The van der Waals surface area contributed by atoms with E-state index in [0.717, 1.165) is 16.8 Å². The van der Waals surface area contributed by atoms with Crippen molar-refractivity contribution in [1.82, 2.24) is 24.5 Å². The predicted octanol–water partition coefficient (Wildman–Crippen LogP) is 3.94. The molecule has 10 heteroatoms. The quantitative estimate of drug-likeness (QED) is 0.383. The summed E-state index contributed by atoms with van der Waals surface area (Å²) in [6.07, 6.45) is 1.93. The number of benzene rings is 2. The van der Waals surface area contributed by atoms with Gasteiger partial charge in [-0.15, -0.1) is 10.2 Å². The van der Waals surface area contributed by atoms with Gasteiger partial charge >= 0.3 is 0 Å². The van der Waals surface area contributed by atoms with Crippen molar-refractivity contribution < 1.29 is 14.3 Å². The number of hydrogen-bond acceptors (Lipinski definition) is 7. The van der Waals surface area contributed by atoms with E-state index in [1.807, 2.05) is 37.0 Å². The lowest BCUT2D eigenvalue weighted by atomic mass is 10.1. The molecule has 0 unspecified atom stereocenters. The second-order valence-electron chi connectivity index (χ2n) is 7.70. The van der Waals surface area contributed by atoms with Crippen LogP contribution in [0.3, 0.4) is 0 Å². The molecule has 0 aliphatic carbocycles. The summed E-state index contributed by atoms with van der Waals surface area (Å²) in [5.41, 5.74) is 4.44. The Kier molecular flexibility index (Phi) is 6.87. The molecule has 2 heterocycles. The monoisotopic (exact) mass is 478 g/mol. The minimum atomic E-state index is -0.192. The van der Waals surface area contributed by atoms with Crippen LogP contribution in [0, 0.1) is 6.92 Å². The highest BCUT2D eigenvalue weighted by atomic mass is 32.2. The first-order valence-corrected chi connectivity index (χ1v) is 11.5. The van der Waals surface area contributed by atoms with Crippen molar-refractivity contribution in [3.8, 4) is 34.1 Å². The standard InChI is InChI=1S/C24H26N6O3S/c1-15-6-8-16(9-7-15)22-18(13-29(2)28-22)23-26-27-24(30(23)3)34-14-21(31)25-19-12-17(32-4)10-11-20(19)33-5/h6-13H,14H2,1-5H3,(H,25,31). The molecule has 0 saturated heterocycles. The molecule has 1 amide bonds. The van der Waals surface area contributed by atoms with Gasteiger partial charge in [-0.2, -0.15) is 5.10 Å². The van der Waals surface area contributed by atoms with E-state index in [1.54, 1.807) is 37.1 Å². The Balaban J connectivity index is 1.50. The third-order valence-corrected chi connectivity index (χ3v) is 6.26. The van der Waals surface area contributed by atoms with E-state index in [9.17, 15) is 4.79 Å². The van der Waals surface area contributed by atoms with Gasteiger partial charge in [0.25, 0.3) is 0 Å². The van der Waals surface area contributed by atoms with E-state index in [0.29, 0.717) is 28.2 Å². The fourth-order valence-electron chi connectivity index (χ4n) is 3.48. The second-order valence-corrected chi connectivity index (χ2v) is 8.64. The van der Waals surface area contributed by atoms with Crippen LogP contribution in [0.1, 0.15) is 5.56 Å². The van der Waals surface area contributed by atoms with Crippen molar-refractivity contribution >= 4 is 23.4 Å². The predicted molar refractivity (Wildman–Crippen MR) is 132 cm³/mol. The van der Waals surface area contributed by atoms with Gasteiger partial charge < -0.3 is 19.4 Å². The van der Waals surface area contributed by atoms with E-state index >= 15 is 0 Å². The Bertz CT molecular complexity index is 1310. The second kappa shape index (κ2) is 10.0. The molecule has 4 aromatic rings. The minimum Gasteiger partial charge on any atom is -0.497 e. The number of amides is 1. The van der Waals surface area contributed by atoms with Crippen LogP contribution in [0.15, 0.2) is 53.8 Å². The van der Waals surface area contributed by atoms with Crippen molar-refractivity contribution in [3.63, 3.8) is 0 Å². The molecule has 0 saturated carbocycles. The summed E-state index contributed by atoms with van der Waals surface area (Å²) in [6.45, 7) is 2.05. The molecule has 0 radical (unpaired) electrons. The van der Waals surface area contributed by atoms with Gasteiger partial charge in [0.2, 0.25) is 5.91 Å². The lowest BCUT2D eigenvalue weighted by Crippen LogP contribution is -2.15. The van der Waals surface area contributed by atoms with Gasteiger partial charge in [-0.1, -0.05) is 41.6 Å². The zero-order valence-electron chi connectivity index (χ0n) is 19.7. The summed E-state index contributed by atoms with van der Waals surface area (Å²) >= 11 is 1.30. The van der Waals surface area contributed by atoms with Gasteiger partial charge in [-0.25, -0.2) is 0 Å². The number of nitrogens with zero attached hydrogens (tertiary/aromatic N) is 5. The first-order valence-electron chi connectivity index (χ1n) is 10.5. The zero-order chi connectivity index (χ0) is 24.2. The summed E-state index contributed by atoms with van der Waals surface area (Å²) in [6, 6.07) is 13.4. The average Bonchev–Trinajstić information content (AvgIpc) is 3.39. The number of carbonyl (C=O) groups excluding carboxylic acids is 1. The van der Waals surface area contributed by atoms with Crippen LogP contribution in [0.4, 0.5) is 5.69 Å². The molecule has 0 spiro atoms. The number of carbonyl (C=O) groups is 1. The Morgan fingerprint density at radius 3 is 2.53 bits per heavy atom. The number of aromatic nitrogens is 5. The molecular weight excluding hydrogens is 452 g/mol. The van der Waals surface area contributed by atoms with Crippen molar-refractivity contribution in [1.29, 1.82) is 0 Å². The maximum atomic E-state index is 12.6. The van der Waals surface area contributed by atoms with Crippen LogP contribution in [0.2, 0.25) is 0 Å². The number of nitrogens with one attached hydrogen (secondary N) is 1. The molecule has 176 valence electrons. The highest BCUT2D eigenvalue weighted by Crippen LogP contribution is 2.32. The lowest BCUT2D eigenvalue weighted by molar-refractivity contribution is -0.113. The fourth-order valence-corrected chi connectivity index (χ4v) is 4.19. The Morgan fingerprint density at radius 1 is 1.06 bits per heavy atom. The van der Waals surface area contributed by atoms with Gasteiger partial charge in [-0.3, -0.25) is 9.48 Å². The number of hydrogen-bond donors (Lipinski definition) is 1. The Hall–Kier alpha value is -3.79. The first-order chi connectivity index (χ1) is 16.4. The van der Waals surface area contributed by atoms with Crippen LogP contribution in [0.5, 0.6) is 11.5 Å². The molecular formula is C24H26N6O3S. The smallest absolute Gasteiger partial charge is 0.234 e. The first kappa shape index (κ1) is 23.4. The minimum absolute atomic E-state index is 0.157. The van der Waals surface area contributed by atoms with Crippen LogP contribution in [-0.2, 0) is 18.9 Å². The van der Waals surface area contributed by atoms with Gasteiger partial charge in [0.1, 0.15) is 17.2 Å². The molecule has 0 fully saturated rings. The fraction of sp³-hybridized carbons (Fsp3) is 0.250. The van der Waals surface area contributed by atoms with E-state index < -0.39 is 0 Å². The molecule has 0 aliphatic rings. The number of anilines is 1. The topological polar surface area (TPSA) is 96.1 Å². The van der Waals surface area contributed by atoms with Crippen LogP contribution >= 0.6 is 11.8 Å². The third-order valence-electron chi connectivity index (χ3n) is 5.24. The SMILES string of the molecule is COc1ccc(OC)c(NC(=O)CSc2nnc(-c3cn(C)nc3-c3ccc(C)cc3)n2C)c1. The molecule has 0 aliphatic heterocycles. The molecule has 9 nitrogen and oxygen atoms in total. The van der Waals surface area contributed by atoms with E-state index in [4.69, 9.17) is 9.47 Å². The van der Waals surface area contributed by atoms with Gasteiger partial charge in [0, 0.05) is 31.9 Å². The lowest BCUT2D eigenvalue weighted by Gasteiger charge is -2.11. The Morgan fingerprint density at radius 2 is 1.82 bits per heavy atom. The zero-order valence-corrected chi connectivity index (χ0v) is 20.5. The van der Waals surface area contributed by atoms with Gasteiger partial charge in [0.05, 0.1) is 31.2 Å². The summed E-state index contributed by atoms with van der Waals surface area (Å²) in [5.74, 6) is 1.83. The maximum absolute atomic E-state index is 12.6. The summed E-state index contributed by atoms with van der Waals surface area (Å²) in [4.78, 5) is 12.6. The normalized spacial score (nSPS) is 10.9. The van der Waals surface area contributed by atoms with Gasteiger partial charge in [0.15, 0.2) is 11.0 Å². The van der Waals surface area contributed by atoms with Crippen molar-refractivity contribution in [2.75, 3.05) is 25.3 Å². The highest BCUT2D eigenvalue weighted by molar-refractivity contribution is 7.99. The molecule has 2 aromatic heterocycles. The highest BCUT2D eigenvalue weighted by Gasteiger charge is 2.19. The molecule has 1 N–H and O–H groups in total. The summed E-state index contributed by atoms with van der Waals surface area (Å²) in [7, 11) is 6.88. The number of ether oxygens (including phenoxy) is 2. The van der Waals surface area contributed by atoms with E-state index in [1.165, 1.54) is 17.3 Å². The maximum Gasteiger partial charge on any atom is 0.234 e. The van der Waals surface area contributed by atoms with Crippen LogP contribution in [-0.4, -0.2) is 50.4 Å². The molecule has 2 aromatic carbocycles. The van der Waals surface area contributed by atoms with E-state index in [-0.39, 0.29) is 11.7 Å². The molecule has 0 bridgehead atoms. The van der Waals surface area contributed by atoms with Crippen molar-refractivity contribution in [2.45, 2.75) is 12.1 Å². The summed E-state index contributed by atoms with van der Waals surface area (Å²) in [5, 5.41) is 16.8. The largest absolute Gasteiger partial charge is 0.497 e. The molecule has 34 heavy (non-hydrogen) atoms. The van der Waals surface area contributed by atoms with E-state index in [2.05, 4.69) is 39.7 Å². The van der Waals surface area contributed by atoms with Gasteiger partial charge in [-0.05, 0) is 19.1 Å². The number of rotatable bonds is 8. The Labute approximate surface area is 202 Å². The molecule has 4 rings (SSSR count). The third kappa shape index (κ3) is 4.91.